The number of sulfonamides is 1. The van der Waals surface area contributed by atoms with Gasteiger partial charge in [-0.05, 0) is 43.3 Å². The predicted octanol–water partition coefficient (Wildman–Crippen LogP) is 2.45. The summed E-state index contributed by atoms with van der Waals surface area (Å²) in [5.41, 5.74) is 0.436. The maximum absolute atomic E-state index is 12.4. The molecule has 1 amide bonds. The molecule has 0 aliphatic carbocycles. The third-order valence-corrected chi connectivity index (χ3v) is 6.19. The van der Waals surface area contributed by atoms with Gasteiger partial charge in [-0.2, -0.15) is 4.72 Å². The molecule has 2 rings (SSSR count). The number of ether oxygens (including phenoxy) is 1. The molecule has 0 bridgehead atoms. The van der Waals surface area contributed by atoms with Crippen LogP contribution in [0.1, 0.15) is 23.5 Å². The summed E-state index contributed by atoms with van der Waals surface area (Å²) in [6.45, 7) is 2.11. The Labute approximate surface area is 170 Å². The van der Waals surface area contributed by atoms with Crippen molar-refractivity contribution in [2.75, 3.05) is 11.9 Å². The van der Waals surface area contributed by atoms with Crippen LogP contribution in [0.3, 0.4) is 0 Å². The molecular weight excluding hydrogens is 428 g/mol. The number of benzene rings is 1. The van der Waals surface area contributed by atoms with E-state index in [9.17, 15) is 22.8 Å². The molecule has 0 spiro atoms. The average molecular weight is 445 g/mol. The van der Waals surface area contributed by atoms with Gasteiger partial charge < -0.3 is 10.1 Å². The fraction of sp³-hybridized carbons (Fsp3) is 0.235. The first-order chi connectivity index (χ1) is 13.1. The van der Waals surface area contributed by atoms with Gasteiger partial charge in [0.15, 0.2) is 6.61 Å². The highest BCUT2D eigenvalue weighted by molar-refractivity contribution is 7.89. The van der Waals surface area contributed by atoms with Gasteiger partial charge in [0.2, 0.25) is 21.7 Å². The van der Waals surface area contributed by atoms with Crippen molar-refractivity contribution in [2.24, 2.45) is 0 Å². The Balaban J connectivity index is 1.94. The second-order valence-electron chi connectivity index (χ2n) is 5.68. The molecule has 11 heteroatoms. The van der Waals surface area contributed by atoms with E-state index in [0.29, 0.717) is 14.9 Å². The predicted molar refractivity (Wildman–Crippen MR) is 105 cm³/mol. The third kappa shape index (κ3) is 6.13. The molecule has 0 radical (unpaired) electrons. The van der Waals surface area contributed by atoms with Crippen LogP contribution in [0.25, 0.3) is 0 Å². The number of nitrogens with one attached hydrogen (secondary N) is 2. The maximum Gasteiger partial charge on any atom is 0.324 e. The van der Waals surface area contributed by atoms with Crippen LogP contribution in [0.5, 0.6) is 0 Å². The minimum absolute atomic E-state index is 0.0921. The molecule has 2 N–H and O–H groups in total. The normalized spacial score (nSPS) is 12.2. The zero-order valence-electron chi connectivity index (χ0n) is 14.9. The molecular formula is C17H17ClN2O6S2. The zero-order chi connectivity index (χ0) is 20.9. The quantitative estimate of drug-likeness (QED) is 0.477. The van der Waals surface area contributed by atoms with Crippen LogP contribution >= 0.6 is 22.9 Å². The number of Topliss-reactive ketones (excluding diaryl/α,β-unsaturated/α-hetero) is 1. The summed E-state index contributed by atoms with van der Waals surface area (Å²) >= 11 is 6.80. The smallest absolute Gasteiger partial charge is 0.324 e. The largest absolute Gasteiger partial charge is 0.456 e. The van der Waals surface area contributed by atoms with E-state index < -0.39 is 34.4 Å². The van der Waals surface area contributed by atoms with Gasteiger partial charge in [-0.1, -0.05) is 11.6 Å². The highest BCUT2D eigenvalue weighted by Crippen LogP contribution is 2.21. The third-order valence-electron chi connectivity index (χ3n) is 3.36. The molecule has 1 aromatic heterocycles. The van der Waals surface area contributed by atoms with Crippen molar-refractivity contribution >= 4 is 56.3 Å². The second kappa shape index (κ2) is 9.28. The topological polar surface area (TPSA) is 119 Å². The van der Waals surface area contributed by atoms with Crippen LogP contribution in [0.2, 0.25) is 4.34 Å². The van der Waals surface area contributed by atoms with E-state index in [0.717, 1.165) is 11.3 Å². The van der Waals surface area contributed by atoms with Crippen molar-refractivity contribution in [3.8, 4) is 0 Å². The summed E-state index contributed by atoms with van der Waals surface area (Å²) in [5, 5.41) is 2.52. The molecule has 0 unspecified atom stereocenters. The van der Waals surface area contributed by atoms with E-state index in [2.05, 4.69) is 10.0 Å². The second-order valence-corrected chi connectivity index (χ2v) is 9.11. The van der Waals surface area contributed by atoms with Crippen LogP contribution < -0.4 is 10.0 Å². The lowest BCUT2D eigenvalue weighted by Crippen LogP contribution is -2.40. The molecule has 8 nitrogen and oxygen atoms in total. The van der Waals surface area contributed by atoms with E-state index in [4.69, 9.17) is 16.3 Å². The van der Waals surface area contributed by atoms with Gasteiger partial charge in [0.1, 0.15) is 6.04 Å². The maximum atomic E-state index is 12.4. The number of hydrogen-bond acceptors (Lipinski definition) is 7. The number of carbonyl (C=O) groups excluding carboxylic acids is 3. The highest BCUT2D eigenvalue weighted by atomic mass is 35.5. The number of amides is 1. The van der Waals surface area contributed by atoms with Crippen molar-refractivity contribution in [1.82, 2.24) is 4.72 Å². The molecule has 0 saturated carbocycles. The lowest BCUT2D eigenvalue weighted by atomic mass is 10.3. The van der Waals surface area contributed by atoms with E-state index >= 15 is 0 Å². The van der Waals surface area contributed by atoms with Crippen molar-refractivity contribution in [3.05, 3.63) is 45.6 Å². The van der Waals surface area contributed by atoms with Crippen molar-refractivity contribution < 1.29 is 27.5 Å². The van der Waals surface area contributed by atoms with Gasteiger partial charge in [-0.25, -0.2) is 8.42 Å². The first-order valence-corrected chi connectivity index (χ1v) is 10.6. The Bertz CT molecular complexity index is 985. The molecule has 0 saturated heterocycles. The van der Waals surface area contributed by atoms with Crippen LogP contribution in [0.4, 0.5) is 5.69 Å². The van der Waals surface area contributed by atoms with Gasteiger partial charge in [0.05, 0.1) is 14.1 Å². The van der Waals surface area contributed by atoms with E-state index in [1.54, 1.807) is 6.07 Å². The van der Waals surface area contributed by atoms with Gasteiger partial charge >= 0.3 is 5.97 Å². The number of rotatable bonds is 8. The Morgan fingerprint density at radius 1 is 1.14 bits per heavy atom. The molecule has 1 heterocycles. The summed E-state index contributed by atoms with van der Waals surface area (Å²) in [4.78, 5) is 35.1. The first kappa shape index (κ1) is 22.0. The number of carbonyl (C=O) groups is 3. The summed E-state index contributed by atoms with van der Waals surface area (Å²) in [7, 11) is -4.00. The van der Waals surface area contributed by atoms with Crippen LogP contribution in [-0.2, 0) is 24.3 Å². The Morgan fingerprint density at radius 2 is 1.79 bits per heavy atom. The molecule has 150 valence electrons. The van der Waals surface area contributed by atoms with E-state index in [1.165, 1.54) is 44.2 Å². The summed E-state index contributed by atoms with van der Waals surface area (Å²) < 4.78 is 32.2. The number of ketones is 1. The minimum atomic E-state index is -4.00. The van der Waals surface area contributed by atoms with Crippen LogP contribution in [0.15, 0.2) is 41.3 Å². The number of halogens is 1. The van der Waals surface area contributed by atoms with Gasteiger partial charge in [0.25, 0.3) is 0 Å². The molecule has 28 heavy (non-hydrogen) atoms. The van der Waals surface area contributed by atoms with Gasteiger partial charge in [-0.3, -0.25) is 14.4 Å². The van der Waals surface area contributed by atoms with Crippen molar-refractivity contribution in [1.29, 1.82) is 0 Å². The monoisotopic (exact) mass is 444 g/mol. The van der Waals surface area contributed by atoms with Crippen LogP contribution in [-0.4, -0.2) is 38.7 Å². The SMILES string of the molecule is CC(=O)Nc1ccc(S(=O)(=O)N[C@@H](C)C(=O)OCC(=O)c2ccc(Cl)s2)cc1. The van der Waals surface area contributed by atoms with Gasteiger partial charge in [-0.15, -0.1) is 11.3 Å². The number of anilines is 1. The van der Waals surface area contributed by atoms with E-state index in [1.807, 2.05) is 0 Å². The van der Waals surface area contributed by atoms with Crippen LogP contribution in [0, 0.1) is 0 Å². The lowest BCUT2D eigenvalue weighted by molar-refractivity contribution is -0.144. The lowest BCUT2D eigenvalue weighted by Gasteiger charge is -2.13. The van der Waals surface area contributed by atoms with E-state index in [-0.39, 0.29) is 10.8 Å². The summed E-state index contributed by atoms with van der Waals surface area (Å²) in [6, 6.07) is 7.27. The number of esters is 1. The fourth-order valence-electron chi connectivity index (χ4n) is 2.07. The van der Waals surface area contributed by atoms with Crippen molar-refractivity contribution in [3.63, 3.8) is 0 Å². The number of hydrogen-bond donors (Lipinski definition) is 2. The molecule has 2 aromatic rings. The molecule has 0 aliphatic rings. The fourth-order valence-corrected chi connectivity index (χ4v) is 4.23. The van der Waals surface area contributed by atoms with Gasteiger partial charge in [0, 0.05) is 12.6 Å². The first-order valence-electron chi connectivity index (χ1n) is 7.93. The molecule has 0 aliphatic heterocycles. The number of thiophene rings is 1. The Kier molecular flexibility index (Phi) is 7.30. The summed E-state index contributed by atoms with van der Waals surface area (Å²) in [6.07, 6.45) is 0. The Morgan fingerprint density at radius 3 is 2.32 bits per heavy atom. The summed E-state index contributed by atoms with van der Waals surface area (Å²) in [5.74, 6) is -1.62. The molecule has 0 fully saturated rings. The van der Waals surface area contributed by atoms with Crippen molar-refractivity contribution in [2.45, 2.75) is 24.8 Å². The molecule has 1 aromatic carbocycles. The Hall–Kier alpha value is -2.27. The average Bonchev–Trinajstić information content (AvgIpc) is 3.05. The minimum Gasteiger partial charge on any atom is -0.456 e. The molecule has 1 atom stereocenters. The zero-order valence-corrected chi connectivity index (χ0v) is 17.3. The standard InChI is InChI=1S/C17H17ClN2O6S2/c1-10(17(23)26-9-14(22)15-7-8-16(18)27-15)20-28(24,25)13-5-3-12(4-6-13)19-11(2)21/h3-8,10,20H,9H2,1-2H3,(H,19,21)/t10-/m0/s1. The highest BCUT2D eigenvalue weighted by Gasteiger charge is 2.24.